The van der Waals surface area contributed by atoms with Crippen molar-refractivity contribution in [3.8, 4) is 5.75 Å². The van der Waals surface area contributed by atoms with Crippen molar-refractivity contribution in [2.24, 2.45) is 0 Å². The lowest BCUT2D eigenvalue weighted by Crippen LogP contribution is -2.18. The maximum atomic E-state index is 13.2. The number of hydrogen-bond acceptors (Lipinski definition) is 2. The van der Waals surface area contributed by atoms with Crippen LogP contribution in [-0.4, -0.2) is 7.11 Å². The number of benzene rings is 2. The SMILES string of the molecule is COc1ccc(CNC(C)c2cccc(F)c2)cc1C. The van der Waals surface area contributed by atoms with Gasteiger partial charge in [0.2, 0.25) is 0 Å². The largest absolute Gasteiger partial charge is 0.496 e. The van der Waals surface area contributed by atoms with Gasteiger partial charge >= 0.3 is 0 Å². The third kappa shape index (κ3) is 3.58. The molecular weight excluding hydrogens is 253 g/mol. The van der Waals surface area contributed by atoms with Gasteiger partial charge in [-0.15, -0.1) is 0 Å². The monoisotopic (exact) mass is 273 g/mol. The molecule has 2 nitrogen and oxygen atoms in total. The Hall–Kier alpha value is -1.87. The molecule has 0 heterocycles. The van der Waals surface area contributed by atoms with Gasteiger partial charge in [0.05, 0.1) is 7.11 Å². The normalized spacial score (nSPS) is 12.2. The van der Waals surface area contributed by atoms with E-state index in [9.17, 15) is 4.39 Å². The van der Waals surface area contributed by atoms with E-state index in [1.165, 1.54) is 11.6 Å². The van der Waals surface area contributed by atoms with Gasteiger partial charge in [0.25, 0.3) is 0 Å². The van der Waals surface area contributed by atoms with Crippen molar-refractivity contribution in [3.63, 3.8) is 0 Å². The number of aryl methyl sites for hydroxylation is 1. The Morgan fingerprint density at radius 2 is 2.00 bits per heavy atom. The molecule has 2 aromatic rings. The molecular formula is C17H20FNO. The number of ether oxygens (including phenoxy) is 1. The van der Waals surface area contributed by atoms with E-state index in [4.69, 9.17) is 4.74 Å². The van der Waals surface area contributed by atoms with E-state index in [0.717, 1.165) is 23.4 Å². The summed E-state index contributed by atoms with van der Waals surface area (Å²) >= 11 is 0. The fourth-order valence-corrected chi connectivity index (χ4v) is 2.22. The molecule has 0 saturated carbocycles. The molecule has 0 spiro atoms. The molecule has 1 N–H and O–H groups in total. The number of nitrogens with one attached hydrogen (secondary N) is 1. The van der Waals surface area contributed by atoms with Crippen LogP contribution in [-0.2, 0) is 6.54 Å². The summed E-state index contributed by atoms with van der Waals surface area (Å²) in [5.41, 5.74) is 3.26. The average molecular weight is 273 g/mol. The van der Waals surface area contributed by atoms with E-state index in [1.807, 2.05) is 32.0 Å². The van der Waals surface area contributed by atoms with Crippen LogP contribution in [0.15, 0.2) is 42.5 Å². The van der Waals surface area contributed by atoms with Gasteiger partial charge in [-0.05, 0) is 48.7 Å². The second-order valence-corrected chi connectivity index (χ2v) is 4.96. The molecule has 2 aromatic carbocycles. The quantitative estimate of drug-likeness (QED) is 0.889. The van der Waals surface area contributed by atoms with Crippen molar-refractivity contribution in [2.75, 3.05) is 7.11 Å². The number of hydrogen-bond donors (Lipinski definition) is 1. The third-order valence-electron chi connectivity index (χ3n) is 3.42. The zero-order valence-electron chi connectivity index (χ0n) is 12.1. The molecule has 106 valence electrons. The zero-order valence-corrected chi connectivity index (χ0v) is 12.1. The summed E-state index contributed by atoms with van der Waals surface area (Å²) in [6.07, 6.45) is 0. The number of methoxy groups -OCH3 is 1. The summed E-state index contributed by atoms with van der Waals surface area (Å²) in [5.74, 6) is 0.698. The Bertz CT molecular complexity index is 583. The Kier molecular flexibility index (Phi) is 4.74. The Balaban J connectivity index is 1.99. The average Bonchev–Trinajstić information content (AvgIpc) is 2.45. The molecule has 0 aliphatic heterocycles. The lowest BCUT2D eigenvalue weighted by atomic mass is 10.1. The van der Waals surface area contributed by atoms with E-state index < -0.39 is 0 Å². The van der Waals surface area contributed by atoms with Gasteiger partial charge in [-0.3, -0.25) is 0 Å². The van der Waals surface area contributed by atoms with E-state index in [2.05, 4.69) is 11.4 Å². The standard InChI is InChI=1S/C17H20FNO/c1-12-9-14(7-8-17(12)20-3)11-19-13(2)15-5-4-6-16(18)10-15/h4-10,13,19H,11H2,1-3H3. The van der Waals surface area contributed by atoms with Gasteiger partial charge in [0, 0.05) is 12.6 Å². The maximum absolute atomic E-state index is 13.2. The molecule has 3 heteroatoms. The smallest absolute Gasteiger partial charge is 0.123 e. The predicted octanol–water partition coefficient (Wildman–Crippen LogP) is 3.99. The highest BCUT2D eigenvalue weighted by molar-refractivity contribution is 5.36. The summed E-state index contributed by atoms with van der Waals surface area (Å²) in [7, 11) is 1.67. The van der Waals surface area contributed by atoms with Gasteiger partial charge in [-0.1, -0.05) is 24.3 Å². The summed E-state index contributed by atoms with van der Waals surface area (Å²) in [5, 5.41) is 3.40. The van der Waals surface area contributed by atoms with E-state index in [1.54, 1.807) is 19.2 Å². The minimum Gasteiger partial charge on any atom is -0.496 e. The van der Waals surface area contributed by atoms with Crippen LogP contribution >= 0.6 is 0 Å². The Morgan fingerprint density at radius 3 is 2.65 bits per heavy atom. The molecule has 0 saturated heterocycles. The molecule has 1 atom stereocenters. The fraction of sp³-hybridized carbons (Fsp3) is 0.294. The summed E-state index contributed by atoms with van der Waals surface area (Å²) < 4.78 is 18.4. The summed E-state index contributed by atoms with van der Waals surface area (Å²) in [4.78, 5) is 0. The van der Waals surface area contributed by atoms with E-state index in [0.29, 0.717) is 0 Å². The predicted molar refractivity (Wildman–Crippen MR) is 79.4 cm³/mol. The fourth-order valence-electron chi connectivity index (χ4n) is 2.22. The van der Waals surface area contributed by atoms with Crippen LogP contribution < -0.4 is 10.1 Å². The first-order chi connectivity index (χ1) is 9.60. The highest BCUT2D eigenvalue weighted by Crippen LogP contribution is 2.19. The molecule has 0 radical (unpaired) electrons. The summed E-state index contributed by atoms with van der Waals surface area (Å²) in [6, 6.07) is 12.9. The van der Waals surface area contributed by atoms with Crippen LogP contribution in [0, 0.1) is 12.7 Å². The highest BCUT2D eigenvalue weighted by Gasteiger charge is 2.06. The van der Waals surface area contributed by atoms with Gasteiger partial charge in [0.1, 0.15) is 11.6 Å². The third-order valence-corrected chi connectivity index (χ3v) is 3.42. The zero-order chi connectivity index (χ0) is 14.5. The molecule has 1 unspecified atom stereocenters. The first-order valence-corrected chi connectivity index (χ1v) is 6.72. The minimum atomic E-state index is -0.198. The summed E-state index contributed by atoms with van der Waals surface area (Å²) in [6.45, 7) is 4.80. The molecule has 20 heavy (non-hydrogen) atoms. The Morgan fingerprint density at radius 1 is 1.20 bits per heavy atom. The van der Waals surface area contributed by atoms with Gasteiger partial charge in [0.15, 0.2) is 0 Å². The van der Waals surface area contributed by atoms with Gasteiger partial charge < -0.3 is 10.1 Å². The molecule has 0 bridgehead atoms. The lowest BCUT2D eigenvalue weighted by Gasteiger charge is -2.15. The van der Waals surface area contributed by atoms with Gasteiger partial charge in [-0.2, -0.15) is 0 Å². The molecule has 0 aliphatic carbocycles. The van der Waals surface area contributed by atoms with Crippen molar-refractivity contribution in [1.29, 1.82) is 0 Å². The number of rotatable bonds is 5. The van der Waals surface area contributed by atoms with Crippen molar-refractivity contribution in [2.45, 2.75) is 26.4 Å². The van der Waals surface area contributed by atoms with Crippen LogP contribution in [0.5, 0.6) is 5.75 Å². The van der Waals surface area contributed by atoms with Crippen LogP contribution in [0.2, 0.25) is 0 Å². The van der Waals surface area contributed by atoms with Crippen LogP contribution in [0.1, 0.15) is 29.7 Å². The van der Waals surface area contributed by atoms with Crippen molar-refractivity contribution >= 4 is 0 Å². The Labute approximate surface area is 119 Å². The van der Waals surface area contributed by atoms with Gasteiger partial charge in [-0.25, -0.2) is 4.39 Å². The van der Waals surface area contributed by atoms with E-state index in [-0.39, 0.29) is 11.9 Å². The van der Waals surface area contributed by atoms with Crippen LogP contribution in [0.4, 0.5) is 4.39 Å². The lowest BCUT2D eigenvalue weighted by molar-refractivity contribution is 0.411. The second-order valence-electron chi connectivity index (χ2n) is 4.96. The van der Waals surface area contributed by atoms with Crippen LogP contribution in [0.25, 0.3) is 0 Å². The van der Waals surface area contributed by atoms with Crippen LogP contribution in [0.3, 0.4) is 0 Å². The first-order valence-electron chi connectivity index (χ1n) is 6.72. The highest BCUT2D eigenvalue weighted by atomic mass is 19.1. The first kappa shape index (κ1) is 14.5. The van der Waals surface area contributed by atoms with Crippen molar-refractivity contribution in [1.82, 2.24) is 5.32 Å². The minimum absolute atomic E-state index is 0.105. The topological polar surface area (TPSA) is 21.3 Å². The van der Waals surface area contributed by atoms with Crippen molar-refractivity contribution < 1.29 is 9.13 Å². The van der Waals surface area contributed by atoms with E-state index >= 15 is 0 Å². The molecule has 0 amide bonds. The molecule has 0 aromatic heterocycles. The molecule has 2 rings (SSSR count). The van der Waals surface area contributed by atoms with Crippen molar-refractivity contribution in [3.05, 3.63) is 65.0 Å². The number of halogens is 1. The second kappa shape index (κ2) is 6.53. The maximum Gasteiger partial charge on any atom is 0.123 e. The molecule has 0 aliphatic rings. The molecule has 0 fully saturated rings.